The number of pyridine rings is 2. The summed E-state index contributed by atoms with van der Waals surface area (Å²) < 4.78 is 46.5. The van der Waals surface area contributed by atoms with Crippen molar-refractivity contribution in [2.45, 2.75) is 31.7 Å². The maximum atomic E-state index is 13.2. The zero-order valence-corrected chi connectivity index (χ0v) is 18.1. The maximum Gasteiger partial charge on any atom is 0.433 e. The van der Waals surface area contributed by atoms with Gasteiger partial charge in [0.1, 0.15) is 23.1 Å². The Morgan fingerprint density at radius 1 is 1.26 bits per heavy atom. The number of aromatic nitrogens is 4. The van der Waals surface area contributed by atoms with Crippen LogP contribution in [0.25, 0.3) is 10.9 Å². The molecular formula is C21H20F3N7O3. The molecule has 2 aliphatic rings. The fourth-order valence-electron chi connectivity index (χ4n) is 4.62. The number of piperidine rings is 1. The summed E-state index contributed by atoms with van der Waals surface area (Å²) in [6.45, 7) is 2.11. The van der Waals surface area contributed by atoms with Crippen LogP contribution in [-0.2, 0) is 22.8 Å². The Kier molecular flexibility index (Phi) is 4.88. The summed E-state index contributed by atoms with van der Waals surface area (Å²) in [5.41, 5.74) is 5.91. The molecule has 0 saturated carbocycles. The van der Waals surface area contributed by atoms with Gasteiger partial charge >= 0.3 is 18.0 Å². The standard InChI is InChI=1S/C21H20F3N7O3/c1-9-5-13-15(10-3-4-14(21(22,23)24)29-19(10)34-13)31(8-9)20(33)18(32)28-12-7-26-17(25)16-11(12)6-27-30(16)2/h3-4,6-7,9,13,15H,5,8H2,1-2H3,(H2,25,26)(H,28,32)/t9-,13+,15+/m1/s1. The van der Waals surface area contributed by atoms with Crippen LogP contribution in [0.1, 0.15) is 30.6 Å². The van der Waals surface area contributed by atoms with Crippen molar-refractivity contribution in [3.63, 3.8) is 0 Å². The lowest BCUT2D eigenvalue weighted by Gasteiger charge is -2.39. The summed E-state index contributed by atoms with van der Waals surface area (Å²) in [4.78, 5) is 35.2. The number of nitrogen functional groups attached to an aromatic ring is 1. The Bertz CT molecular complexity index is 1320. The zero-order valence-electron chi connectivity index (χ0n) is 18.1. The van der Waals surface area contributed by atoms with Gasteiger partial charge in [0, 0.05) is 24.5 Å². The quantitative estimate of drug-likeness (QED) is 0.517. The van der Waals surface area contributed by atoms with Crippen molar-refractivity contribution in [1.82, 2.24) is 24.6 Å². The molecule has 1 saturated heterocycles. The van der Waals surface area contributed by atoms with Gasteiger partial charge in [0.2, 0.25) is 5.88 Å². The lowest BCUT2D eigenvalue weighted by molar-refractivity contribution is -0.148. The van der Waals surface area contributed by atoms with Gasteiger partial charge in [-0.15, -0.1) is 0 Å². The Morgan fingerprint density at radius 2 is 2.03 bits per heavy atom. The number of amides is 2. The molecule has 0 radical (unpaired) electrons. The van der Waals surface area contributed by atoms with Crippen molar-refractivity contribution in [3.05, 3.63) is 35.8 Å². The summed E-state index contributed by atoms with van der Waals surface area (Å²) in [5.74, 6) is -1.75. The predicted molar refractivity (Wildman–Crippen MR) is 113 cm³/mol. The number of likely N-dealkylation sites (tertiary alicyclic amines) is 1. The largest absolute Gasteiger partial charge is 0.471 e. The highest BCUT2D eigenvalue weighted by Gasteiger charge is 2.48. The van der Waals surface area contributed by atoms with E-state index in [-0.39, 0.29) is 29.8 Å². The Balaban J connectivity index is 1.44. The highest BCUT2D eigenvalue weighted by Crippen LogP contribution is 2.45. The van der Waals surface area contributed by atoms with Gasteiger partial charge in [-0.3, -0.25) is 14.3 Å². The van der Waals surface area contributed by atoms with Crippen LogP contribution < -0.4 is 15.8 Å². The Morgan fingerprint density at radius 3 is 2.76 bits per heavy atom. The van der Waals surface area contributed by atoms with E-state index in [0.29, 0.717) is 22.9 Å². The van der Waals surface area contributed by atoms with Crippen LogP contribution in [0.2, 0.25) is 0 Å². The van der Waals surface area contributed by atoms with Gasteiger partial charge < -0.3 is 20.7 Å². The van der Waals surface area contributed by atoms with Gasteiger partial charge in [0.15, 0.2) is 0 Å². The lowest BCUT2D eigenvalue weighted by atomic mass is 9.89. The predicted octanol–water partition coefficient (Wildman–Crippen LogP) is 2.27. The van der Waals surface area contributed by atoms with Crippen LogP contribution in [0.5, 0.6) is 5.88 Å². The average molecular weight is 475 g/mol. The number of rotatable bonds is 1. The first-order valence-corrected chi connectivity index (χ1v) is 10.5. The Hall–Kier alpha value is -3.90. The molecule has 5 heterocycles. The minimum Gasteiger partial charge on any atom is -0.471 e. The average Bonchev–Trinajstić information content (AvgIpc) is 3.34. The number of carbonyl (C=O) groups is 2. The number of alkyl halides is 3. The van der Waals surface area contributed by atoms with Gasteiger partial charge in [-0.25, -0.2) is 9.97 Å². The summed E-state index contributed by atoms with van der Waals surface area (Å²) in [5, 5.41) is 7.19. The third-order valence-electron chi connectivity index (χ3n) is 6.10. The molecule has 3 N–H and O–H groups in total. The highest BCUT2D eigenvalue weighted by molar-refractivity contribution is 6.40. The van der Waals surface area contributed by atoms with Crippen molar-refractivity contribution in [2.75, 3.05) is 17.6 Å². The van der Waals surface area contributed by atoms with Crippen LogP contribution in [0.3, 0.4) is 0 Å². The molecule has 0 bridgehead atoms. The first-order valence-electron chi connectivity index (χ1n) is 10.5. The number of nitrogens with one attached hydrogen (secondary N) is 1. The molecule has 34 heavy (non-hydrogen) atoms. The second kappa shape index (κ2) is 7.57. The minimum atomic E-state index is -4.63. The first-order chi connectivity index (χ1) is 16.0. The van der Waals surface area contributed by atoms with Crippen LogP contribution >= 0.6 is 0 Å². The van der Waals surface area contributed by atoms with Crippen molar-refractivity contribution in [3.8, 4) is 5.88 Å². The lowest BCUT2D eigenvalue weighted by Crippen LogP contribution is -2.50. The highest BCUT2D eigenvalue weighted by atomic mass is 19.4. The molecule has 3 atom stereocenters. The smallest absolute Gasteiger partial charge is 0.433 e. The van der Waals surface area contributed by atoms with Crippen LogP contribution in [0.15, 0.2) is 24.5 Å². The van der Waals surface area contributed by atoms with E-state index in [0.717, 1.165) is 6.07 Å². The van der Waals surface area contributed by atoms with Gasteiger partial charge in [0.05, 0.1) is 24.1 Å². The van der Waals surface area contributed by atoms with E-state index in [4.69, 9.17) is 10.5 Å². The van der Waals surface area contributed by atoms with E-state index in [2.05, 4.69) is 20.4 Å². The fourth-order valence-corrected chi connectivity index (χ4v) is 4.62. The Labute approximate surface area is 190 Å². The van der Waals surface area contributed by atoms with Gasteiger partial charge in [-0.2, -0.15) is 18.3 Å². The van der Waals surface area contributed by atoms with Crippen molar-refractivity contribution >= 4 is 34.2 Å². The van der Waals surface area contributed by atoms with E-state index >= 15 is 0 Å². The molecule has 3 aromatic heterocycles. The normalized spacial score (nSPS) is 21.7. The second-order valence-electron chi connectivity index (χ2n) is 8.53. The monoisotopic (exact) mass is 475 g/mol. The van der Waals surface area contributed by atoms with Crippen LogP contribution in [-0.4, -0.2) is 49.1 Å². The van der Waals surface area contributed by atoms with Gasteiger partial charge in [0.25, 0.3) is 0 Å². The van der Waals surface area contributed by atoms with E-state index < -0.39 is 35.8 Å². The van der Waals surface area contributed by atoms with Crippen LogP contribution in [0, 0.1) is 5.92 Å². The number of ether oxygens (including phenoxy) is 1. The third-order valence-corrected chi connectivity index (χ3v) is 6.10. The molecule has 1 fully saturated rings. The molecule has 0 aliphatic carbocycles. The summed E-state index contributed by atoms with van der Waals surface area (Å²) in [6.07, 6.45) is -1.89. The number of anilines is 2. The number of halogens is 3. The minimum absolute atomic E-state index is 0.0439. The molecule has 10 nitrogen and oxygen atoms in total. The first kappa shape index (κ1) is 21.9. The number of fused-ring (bicyclic) bond motifs is 4. The van der Waals surface area contributed by atoms with Gasteiger partial charge in [-0.1, -0.05) is 6.92 Å². The third kappa shape index (κ3) is 3.47. The molecule has 2 aliphatic heterocycles. The van der Waals surface area contributed by atoms with E-state index in [1.165, 1.54) is 28.0 Å². The maximum absolute atomic E-state index is 13.2. The van der Waals surface area contributed by atoms with Crippen molar-refractivity contribution < 1.29 is 27.5 Å². The number of aryl methyl sites for hydroxylation is 1. The van der Waals surface area contributed by atoms with E-state index in [9.17, 15) is 22.8 Å². The molecule has 0 aromatic carbocycles. The van der Waals surface area contributed by atoms with Crippen molar-refractivity contribution in [1.29, 1.82) is 0 Å². The summed E-state index contributed by atoms with van der Waals surface area (Å²) in [6, 6.07) is 1.39. The number of nitrogens with zero attached hydrogens (tertiary/aromatic N) is 5. The fraction of sp³-hybridized carbons (Fsp3) is 0.381. The number of carbonyl (C=O) groups excluding carboxylic acids is 2. The zero-order chi connectivity index (χ0) is 24.4. The summed E-state index contributed by atoms with van der Waals surface area (Å²) >= 11 is 0. The van der Waals surface area contributed by atoms with Crippen LogP contribution in [0.4, 0.5) is 24.7 Å². The molecule has 0 unspecified atom stereocenters. The number of hydrogen-bond acceptors (Lipinski definition) is 7. The SMILES string of the molecule is C[C@@H]1C[C@@H]2Oc3nc(C(F)(F)F)ccc3[C@@H]2N(C(=O)C(=O)Nc2cnc(N)c3c2cnn3C)C1. The molecule has 2 amide bonds. The van der Waals surface area contributed by atoms with E-state index in [1.54, 1.807) is 7.05 Å². The molecule has 178 valence electrons. The molecule has 13 heteroatoms. The van der Waals surface area contributed by atoms with Gasteiger partial charge in [-0.05, 0) is 24.5 Å². The molecule has 0 spiro atoms. The second-order valence-corrected chi connectivity index (χ2v) is 8.53. The number of hydrogen-bond donors (Lipinski definition) is 2. The topological polar surface area (TPSA) is 128 Å². The molecule has 3 aromatic rings. The van der Waals surface area contributed by atoms with E-state index in [1.807, 2.05) is 6.92 Å². The molecular weight excluding hydrogens is 455 g/mol. The van der Waals surface area contributed by atoms with Crippen molar-refractivity contribution in [2.24, 2.45) is 13.0 Å². The molecule has 5 rings (SSSR count). The number of nitrogens with two attached hydrogens (primary N) is 1. The summed E-state index contributed by atoms with van der Waals surface area (Å²) in [7, 11) is 1.67.